The zero-order valence-corrected chi connectivity index (χ0v) is 12.3. The number of hydrogen-bond donors (Lipinski definition) is 3. The molecular formula is C15H22N2O3. The quantitative estimate of drug-likeness (QED) is 0.774. The number of urea groups is 1. The maximum absolute atomic E-state index is 11.8. The standard InChI is InChI=1S/C15H22N2O3/c1-9-5-7-13(8-6-9)12(4)17-15(20)16-11(3)10(2)14(18)19/h5-8,10-12H,1-4H3,(H,18,19)(H2,16,17,20). The zero-order chi connectivity index (χ0) is 15.3. The minimum atomic E-state index is -0.926. The summed E-state index contributed by atoms with van der Waals surface area (Å²) in [5.74, 6) is -1.56. The van der Waals surface area contributed by atoms with Gasteiger partial charge in [0, 0.05) is 6.04 Å². The lowest BCUT2D eigenvalue weighted by Gasteiger charge is -2.20. The number of carboxylic acid groups (broad SMARTS) is 1. The fraction of sp³-hybridized carbons (Fsp3) is 0.467. The number of carbonyl (C=O) groups excluding carboxylic acids is 1. The molecule has 0 radical (unpaired) electrons. The van der Waals surface area contributed by atoms with Crippen LogP contribution >= 0.6 is 0 Å². The van der Waals surface area contributed by atoms with Gasteiger partial charge < -0.3 is 15.7 Å². The molecule has 0 aliphatic rings. The van der Waals surface area contributed by atoms with Crippen LogP contribution in [0.2, 0.25) is 0 Å². The van der Waals surface area contributed by atoms with E-state index in [-0.39, 0.29) is 12.1 Å². The highest BCUT2D eigenvalue weighted by Gasteiger charge is 2.21. The minimum absolute atomic E-state index is 0.136. The summed E-state index contributed by atoms with van der Waals surface area (Å²) in [7, 11) is 0. The van der Waals surface area contributed by atoms with E-state index >= 15 is 0 Å². The maximum atomic E-state index is 11.8. The van der Waals surface area contributed by atoms with E-state index in [1.165, 1.54) is 0 Å². The Kier molecular flexibility index (Phi) is 5.55. The summed E-state index contributed by atoms with van der Waals surface area (Å²) < 4.78 is 0. The largest absolute Gasteiger partial charge is 0.481 e. The summed E-state index contributed by atoms with van der Waals surface area (Å²) in [6, 6.07) is 6.97. The van der Waals surface area contributed by atoms with E-state index in [0.717, 1.165) is 11.1 Å². The van der Waals surface area contributed by atoms with E-state index in [4.69, 9.17) is 5.11 Å². The SMILES string of the molecule is Cc1ccc(C(C)NC(=O)NC(C)C(C)C(=O)O)cc1. The van der Waals surface area contributed by atoms with Gasteiger partial charge in [-0.2, -0.15) is 0 Å². The first kappa shape index (κ1) is 16.0. The van der Waals surface area contributed by atoms with Crippen LogP contribution in [0.1, 0.15) is 37.9 Å². The molecule has 0 aliphatic heterocycles. The zero-order valence-electron chi connectivity index (χ0n) is 12.3. The highest BCUT2D eigenvalue weighted by Crippen LogP contribution is 2.13. The third kappa shape index (κ3) is 4.57. The van der Waals surface area contributed by atoms with Crippen molar-refractivity contribution in [3.8, 4) is 0 Å². The summed E-state index contributed by atoms with van der Waals surface area (Å²) in [5.41, 5.74) is 2.17. The fourth-order valence-corrected chi connectivity index (χ4v) is 1.72. The third-order valence-electron chi connectivity index (χ3n) is 3.42. The molecule has 2 amide bonds. The van der Waals surface area contributed by atoms with Crippen LogP contribution in [-0.4, -0.2) is 23.1 Å². The molecule has 0 aliphatic carbocycles. The molecule has 20 heavy (non-hydrogen) atoms. The first-order valence-corrected chi connectivity index (χ1v) is 6.67. The van der Waals surface area contributed by atoms with Crippen molar-refractivity contribution < 1.29 is 14.7 Å². The second-order valence-corrected chi connectivity index (χ2v) is 5.17. The van der Waals surface area contributed by atoms with Gasteiger partial charge in [0.15, 0.2) is 0 Å². The average molecular weight is 278 g/mol. The van der Waals surface area contributed by atoms with Gasteiger partial charge in [0.25, 0.3) is 0 Å². The Labute approximate surface area is 119 Å². The number of hydrogen-bond acceptors (Lipinski definition) is 2. The Hall–Kier alpha value is -2.04. The molecule has 0 saturated carbocycles. The van der Waals surface area contributed by atoms with E-state index in [1.807, 2.05) is 38.1 Å². The molecule has 1 aromatic rings. The molecule has 3 atom stereocenters. The van der Waals surface area contributed by atoms with Gasteiger partial charge in [0.1, 0.15) is 0 Å². The van der Waals surface area contributed by atoms with Crippen molar-refractivity contribution in [2.75, 3.05) is 0 Å². The number of aliphatic carboxylic acids is 1. The summed E-state index contributed by atoms with van der Waals surface area (Å²) in [6.45, 7) is 7.13. The predicted octanol–water partition coefficient (Wildman–Crippen LogP) is 2.46. The van der Waals surface area contributed by atoms with Crippen molar-refractivity contribution in [1.29, 1.82) is 0 Å². The van der Waals surface area contributed by atoms with Gasteiger partial charge in [-0.1, -0.05) is 29.8 Å². The Bertz CT molecular complexity index is 471. The van der Waals surface area contributed by atoms with Crippen molar-refractivity contribution in [3.63, 3.8) is 0 Å². The Morgan fingerprint density at radius 1 is 1.05 bits per heavy atom. The first-order chi connectivity index (χ1) is 9.31. The number of carbonyl (C=O) groups is 2. The normalized spacial score (nSPS) is 15.0. The fourth-order valence-electron chi connectivity index (χ4n) is 1.72. The lowest BCUT2D eigenvalue weighted by atomic mass is 10.0. The second-order valence-electron chi connectivity index (χ2n) is 5.17. The average Bonchev–Trinajstić information content (AvgIpc) is 2.37. The highest BCUT2D eigenvalue weighted by molar-refractivity contribution is 5.76. The van der Waals surface area contributed by atoms with Crippen molar-refractivity contribution in [2.24, 2.45) is 5.92 Å². The molecule has 5 heteroatoms. The van der Waals surface area contributed by atoms with Crippen LogP contribution in [0.4, 0.5) is 4.79 Å². The summed E-state index contributed by atoms with van der Waals surface area (Å²) >= 11 is 0. The third-order valence-corrected chi connectivity index (χ3v) is 3.42. The molecule has 0 fully saturated rings. The van der Waals surface area contributed by atoms with Gasteiger partial charge in [0.2, 0.25) is 0 Å². The number of aryl methyl sites for hydroxylation is 1. The molecule has 0 aromatic heterocycles. The van der Waals surface area contributed by atoms with Crippen molar-refractivity contribution in [3.05, 3.63) is 35.4 Å². The Balaban J connectivity index is 2.53. The van der Waals surface area contributed by atoms with E-state index in [9.17, 15) is 9.59 Å². The number of carboxylic acids is 1. The molecule has 3 unspecified atom stereocenters. The van der Waals surface area contributed by atoms with Crippen LogP contribution in [0.3, 0.4) is 0 Å². The van der Waals surface area contributed by atoms with Crippen LogP contribution < -0.4 is 10.6 Å². The molecule has 0 spiro atoms. The Morgan fingerprint density at radius 2 is 1.60 bits per heavy atom. The van der Waals surface area contributed by atoms with Crippen LogP contribution in [0.5, 0.6) is 0 Å². The van der Waals surface area contributed by atoms with Gasteiger partial charge in [0.05, 0.1) is 12.0 Å². The van der Waals surface area contributed by atoms with Crippen LogP contribution in [0.15, 0.2) is 24.3 Å². The summed E-state index contributed by atoms with van der Waals surface area (Å²) in [5, 5.41) is 14.3. The smallest absolute Gasteiger partial charge is 0.315 e. The van der Waals surface area contributed by atoms with Crippen LogP contribution in [-0.2, 0) is 4.79 Å². The maximum Gasteiger partial charge on any atom is 0.315 e. The van der Waals surface area contributed by atoms with E-state index in [2.05, 4.69) is 10.6 Å². The molecule has 0 heterocycles. The molecule has 1 aromatic carbocycles. The van der Waals surface area contributed by atoms with Crippen LogP contribution in [0, 0.1) is 12.8 Å². The number of rotatable bonds is 5. The molecule has 5 nitrogen and oxygen atoms in total. The highest BCUT2D eigenvalue weighted by atomic mass is 16.4. The van der Waals surface area contributed by atoms with Crippen LogP contribution in [0.25, 0.3) is 0 Å². The van der Waals surface area contributed by atoms with Crippen molar-refractivity contribution >= 4 is 12.0 Å². The summed E-state index contributed by atoms with van der Waals surface area (Å²) in [4.78, 5) is 22.6. The number of benzene rings is 1. The summed E-state index contributed by atoms with van der Waals surface area (Å²) in [6.07, 6.45) is 0. The minimum Gasteiger partial charge on any atom is -0.481 e. The van der Waals surface area contributed by atoms with Gasteiger partial charge >= 0.3 is 12.0 Å². The lowest BCUT2D eigenvalue weighted by Crippen LogP contribution is -2.45. The Morgan fingerprint density at radius 3 is 2.10 bits per heavy atom. The number of amides is 2. The predicted molar refractivity (Wildman–Crippen MR) is 77.5 cm³/mol. The van der Waals surface area contributed by atoms with E-state index < -0.39 is 17.9 Å². The van der Waals surface area contributed by atoms with E-state index in [0.29, 0.717) is 0 Å². The molecule has 3 N–H and O–H groups in total. The number of nitrogens with one attached hydrogen (secondary N) is 2. The van der Waals surface area contributed by atoms with Gasteiger partial charge in [-0.05, 0) is 33.3 Å². The molecule has 0 saturated heterocycles. The van der Waals surface area contributed by atoms with E-state index in [1.54, 1.807) is 13.8 Å². The molecule has 0 bridgehead atoms. The monoisotopic (exact) mass is 278 g/mol. The molecule has 110 valence electrons. The van der Waals surface area contributed by atoms with Gasteiger partial charge in [-0.25, -0.2) is 4.79 Å². The van der Waals surface area contributed by atoms with Gasteiger partial charge in [-0.3, -0.25) is 4.79 Å². The molecule has 1 rings (SSSR count). The first-order valence-electron chi connectivity index (χ1n) is 6.67. The second kappa shape index (κ2) is 6.93. The molecular weight excluding hydrogens is 256 g/mol. The van der Waals surface area contributed by atoms with Crippen molar-refractivity contribution in [2.45, 2.75) is 39.8 Å². The lowest BCUT2D eigenvalue weighted by molar-refractivity contribution is -0.141. The van der Waals surface area contributed by atoms with Gasteiger partial charge in [-0.15, -0.1) is 0 Å². The topological polar surface area (TPSA) is 78.4 Å². The van der Waals surface area contributed by atoms with Crippen molar-refractivity contribution in [1.82, 2.24) is 10.6 Å².